The van der Waals surface area contributed by atoms with E-state index in [0.29, 0.717) is 12.8 Å². The molecule has 1 N–H and O–H groups in total. The highest BCUT2D eigenvalue weighted by atomic mass is 32.2. The molecule has 0 unspecified atom stereocenters. The van der Waals surface area contributed by atoms with E-state index in [0.717, 1.165) is 0 Å². The lowest BCUT2D eigenvalue weighted by Crippen LogP contribution is -2.47. The molecule has 0 rings (SSSR count). The van der Waals surface area contributed by atoms with Crippen LogP contribution in [0.15, 0.2) is 0 Å². The molecule has 0 saturated carbocycles. The molecule has 116 valence electrons. The normalized spacial score (nSPS) is 14.7. The van der Waals surface area contributed by atoms with Crippen molar-refractivity contribution in [2.24, 2.45) is 0 Å². The van der Waals surface area contributed by atoms with Crippen LogP contribution in [0.5, 0.6) is 0 Å². The summed E-state index contributed by atoms with van der Waals surface area (Å²) in [6, 6.07) is 0. The Labute approximate surface area is 109 Å². The van der Waals surface area contributed by atoms with Crippen LogP contribution in [0.3, 0.4) is 0 Å². The second-order valence-electron chi connectivity index (χ2n) is 4.45. The van der Waals surface area contributed by atoms with Crippen LogP contribution in [-0.4, -0.2) is 36.4 Å². The summed E-state index contributed by atoms with van der Waals surface area (Å²) in [7, 11) is -6.18. The Bertz CT molecular complexity index is 390. The largest absolute Gasteiger partial charge is 0.431 e. The first-order chi connectivity index (χ1) is 8.33. The van der Waals surface area contributed by atoms with Crippen LogP contribution < -0.4 is 0 Å². The monoisotopic (exact) mass is 310 g/mol. The number of hydrogen-bond acceptors (Lipinski definition) is 3. The minimum Gasteiger partial charge on any atom is -0.375 e. The Hall–Kier alpha value is -0.410. The van der Waals surface area contributed by atoms with E-state index < -0.39 is 39.9 Å². The average molecular weight is 310 g/mol. The summed E-state index contributed by atoms with van der Waals surface area (Å²) in [5.74, 6) is -4.90. The van der Waals surface area contributed by atoms with E-state index in [4.69, 9.17) is 9.29 Å². The van der Waals surface area contributed by atoms with Crippen molar-refractivity contribution >= 4 is 10.1 Å². The molecule has 0 aromatic rings. The minimum absolute atomic E-state index is 0.490. The topological polar surface area (TPSA) is 63.6 Å². The summed E-state index contributed by atoms with van der Waals surface area (Å²) in [5.41, 5.74) is -0.733. The number of halogens is 4. The van der Waals surface area contributed by atoms with Gasteiger partial charge in [-0.2, -0.15) is 26.0 Å². The summed E-state index contributed by atoms with van der Waals surface area (Å²) < 4.78 is 85.6. The first-order valence-electron chi connectivity index (χ1n) is 5.69. The van der Waals surface area contributed by atoms with Gasteiger partial charge >= 0.3 is 21.3 Å². The van der Waals surface area contributed by atoms with Crippen molar-refractivity contribution in [1.82, 2.24) is 0 Å². The van der Waals surface area contributed by atoms with Crippen molar-refractivity contribution in [2.75, 3.05) is 6.61 Å². The van der Waals surface area contributed by atoms with E-state index >= 15 is 0 Å². The van der Waals surface area contributed by atoms with E-state index in [1.54, 1.807) is 20.8 Å². The Balaban J connectivity index is 4.74. The second kappa shape index (κ2) is 5.92. The molecule has 4 nitrogen and oxygen atoms in total. The lowest BCUT2D eigenvalue weighted by Gasteiger charge is -2.29. The highest BCUT2D eigenvalue weighted by molar-refractivity contribution is 7.87. The molecule has 0 heterocycles. The summed E-state index contributed by atoms with van der Waals surface area (Å²) in [6.45, 7) is 4.38. The van der Waals surface area contributed by atoms with Crippen LogP contribution >= 0.6 is 0 Å². The van der Waals surface area contributed by atoms with Gasteiger partial charge in [-0.05, 0) is 19.8 Å². The molecule has 0 spiro atoms. The zero-order valence-electron chi connectivity index (χ0n) is 10.9. The predicted octanol–water partition coefficient (Wildman–Crippen LogP) is 3.09. The molecule has 0 aliphatic carbocycles. The first kappa shape index (κ1) is 18.6. The molecule has 0 bridgehead atoms. The third kappa shape index (κ3) is 4.28. The molecule has 19 heavy (non-hydrogen) atoms. The van der Waals surface area contributed by atoms with Crippen molar-refractivity contribution in [2.45, 2.75) is 56.8 Å². The van der Waals surface area contributed by atoms with Gasteiger partial charge in [0.15, 0.2) is 0 Å². The highest BCUT2D eigenvalue weighted by Gasteiger charge is 2.65. The van der Waals surface area contributed by atoms with E-state index in [-0.39, 0.29) is 0 Å². The maximum Gasteiger partial charge on any atom is 0.431 e. The van der Waals surface area contributed by atoms with Gasteiger partial charge in [0.25, 0.3) is 0 Å². The average Bonchev–Trinajstić information content (AvgIpc) is 2.26. The Kier molecular flexibility index (Phi) is 5.80. The lowest BCUT2D eigenvalue weighted by molar-refractivity contribution is -0.178. The molecule has 0 amide bonds. The smallest absolute Gasteiger partial charge is 0.375 e. The summed E-state index contributed by atoms with van der Waals surface area (Å²) in [5, 5.41) is -5.53. The van der Waals surface area contributed by atoms with Crippen molar-refractivity contribution in [3.8, 4) is 0 Å². The summed E-state index contributed by atoms with van der Waals surface area (Å²) >= 11 is 0. The highest BCUT2D eigenvalue weighted by Crippen LogP contribution is 2.40. The standard InChI is InChI=1S/C10H18F4O4S/c1-4-8(3,5-2)18-7-6-9(11,12)10(13,14)19(15,16)17/h4-7H2,1-3H3,(H,15,16,17). The molecule has 9 heteroatoms. The van der Waals surface area contributed by atoms with Gasteiger partial charge in [0.05, 0.1) is 12.2 Å². The van der Waals surface area contributed by atoms with Crippen LogP contribution in [-0.2, 0) is 14.9 Å². The van der Waals surface area contributed by atoms with E-state index in [2.05, 4.69) is 0 Å². The molecule has 0 atom stereocenters. The molecule has 0 aromatic heterocycles. The summed E-state index contributed by atoms with van der Waals surface area (Å²) in [6.07, 6.45) is -0.525. The lowest BCUT2D eigenvalue weighted by atomic mass is 10.0. The SMILES string of the molecule is CCC(C)(CC)OCCC(F)(F)C(F)(F)S(=O)(=O)O. The van der Waals surface area contributed by atoms with E-state index in [9.17, 15) is 26.0 Å². The van der Waals surface area contributed by atoms with Gasteiger partial charge < -0.3 is 4.74 Å². The van der Waals surface area contributed by atoms with Gasteiger partial charge in [0.2, 0.25) is 0 Å². The van der Waals surface area contributed by atoms with Crippen molar-refractivity contribution in [3.05, 3.63) is 0 Å². The minimum atomic E-state index is -6.18. The van der Waals surface area contributed by atoms with Crippen LogP contribution in [0.25, 0.3) is 0 Å². The maximum atomic E-state index is 13.1. The number of alkyl halides is 4. The van der Waals surface area contributed by atoms with Crippen LogP contribution in [0, 0.1) is 0 Å². The van der Waals surface area contributed by atoms with E-state index in [1.807, 2.05) is 0 Å². The summed E-state index contributed by atoms with van der Waals surface area (Å²) in [4.78, 5) is 0. The van der Waals surface area contributed by atoms with Crippen LogP contribution in [0.4, 0.5) is 17.6 Å². The van der Waals surface area contributed by atoms with Gasteiger partial charge in [0, 0.05) is 6.42 Å². The Morgan fingerprint density at radius 2 is 1.53 bits per heavy atom. The molecular formula is C10H18F4O4S. The predicted molar refractivity (Wildman–Crippen MR) is 61.0 cm³/mol. The van der Waals surface area contributed by atoms with Crippen LogP contribution in [0.1, 0.15) is 40.0 Å². The number of hydrogen-bond donors (Lipinski definition) is 1. The number of rotatable bonds is 8. The molecule has 0 saturated heterocycles. The van der Waals surface area contributed by atoms with Crippen molar-refractivity contribution < 1.29 is 35.3 Å². The second-order valence-corrected chi connectivity index (χ2v) is 5.91. The Morgan fingerprint density at radius 3 is 1.84 bits per heavy atom. The molecule has 0 aliphatic rings. The third-order valence-corrected chi connectivity index (χ3v) is 4.06. The van der Waals surface area contributed by atoms with Gasteiger partial charge in [-0.25, -0.2) is 0 Å². The van der Waals surface area contributed by atoms with Crippen molar-refractivity contribution in [3.63, 3.8) is 0 Å². The fourth-order valence-corrected chi connectivity index (χ4v) is 1.69. The van der Waals surface area contributed by atoms with Crippen LogP contribution in [0.2, 0.25) is 0 Å². The van der Waals surface area contributed by atoms with Gasteiger partial charge in [-0.15, -0.1) is 0 Å². The van der Waals surface area contributed by atoms with Crippen molar-refractivity contribution in [1.29, 1.82) is 0 Å². The molecule has 0 radical (unpaired) electrons. The molecule has 0 aromatic carbocycles. The fourth-order valence-electron chi connectivity index (χ4n) is 1.21. The molecule has 0 aliphatic heterocycles. The fraction of sp³-hybridized carbons (Fsp3) is 1.00. The number of ether oxygens (including phenoxy) is 1. The molecule has 0 fully saturated rings. The maximum absolute atomic E-state index is 13.1. The quantitative estimate of drug-likeness (QED) is 0.553. The molecular weight excluding hydrogens is 292 g/mol. The first-order valence-corrected chi connectivity index (χ1v) is 7.13. The zero-order valence-corrected chi connectivity index (χ0v) is 11.7. The van der Waals surface area contributed by atoms with Gasteiger partial charge in [-0.3, -0.25) is 4.55 Å². The van der Waals surface area contributed by atoms with Gasteiger partial charge in [0.1, 0.15) is 0 Å². The Morgan fingerprint density at radius 1 is 1.11 bits per heavy atom. The van der Waals surface area contributed by atoms with Gasteiger partial charge in [-0.1, -0.05) is 13.8 Å². The zero-order chi connectivity index (χ0) is 15.5. The third-order valence-electron chi connectivity index (χ3n) is 3.11. The van der Waals surface area contributed by atoms with E-state index in [1.165, 1.54) is 0 Å².